The molecule has 0 bridgehead atoms. The maximum Gasteiger partial charge on any atom is 0.322 e. The van der Waals surface area contributed by atoms with Crippen molar-refractivity contribution < 1.29 is 13.9 Å². The van der Waals surface area contributed by atoms with Crippen LogP contribution in [0.5, 0.6) is 5.75 Å². The number of tetrazole rings is 1. The van der Waals surface area contributed by atoms with Crippen LogP contribution in [0, 0.1) is 12.7 Å². The normalized spacial score (nSPS) is 13.3. The first-order chi connectivity index (χ1) is 14.9. The van der Waals surface area contributed by atoms with Gasteiger partial charge in [0.05, 0.1) is 12.8 Å². The quantitative estimate of drug-likeness (QED) is 0.688. The zero-order chi connectivity index (χ0) is 22.1. The summed E-state index contributed by atoms with van der Waals surface area (Å²) >= 11 is 0. The van der Waals surface area contributed by atoms with E-state index in [-0.39, 0.29) is 17.7 Å². The van der Waals surface area contributed by atoms with Crippen LogP contribution in [-0.2, 0) is 13.0 Å². The van der Waals surface area contributed by atoms with Crippen molar-refractivity contribution in [3.63, 3.8) is 0 Å². The van der Waals surface area contributed by atoms with Crippen molar-refractivity contribution in [2.45, 2.75) is 39.7 Å². The van der Waals surface area contributed by atoms with Crippen LogP contribution in [-0.4, -0.2) is 44.8 Å². The van der Waals surface area contributed by atoms with Gasteiger partial charge in [-0.2, -0.15) is 4.68 Å². The zero-order valence-electron chi connectivity index (χ0n) is 18.0. The second-order valence-corrected chi connectivity index (χ2v) is 7.96. The Labute approximate surface area is 180 Å². The number of ether oxygens (including phenoxy) is 1. The van der Waals surface area contributed by atoms with Crippen LogP contribution in [0.3, 0.4) is 0 Å². The van der Waals surface area contributed by atoms with E-state index < -0.39 is 5.82 Å². The van der Waals surface area contributed by atoms with Crippen molar-refractivity contribution in [1.29, 1.82) is 0 Å². The average molecular weight is 424 g/mol. The van der Waals surface area contributed by atoms with Crippen molar-refractivity contribution in [2.24, 2.45) is 0 Å². The third kappa shape index (κ3) is 4.08. The molecule has 0 saturated heterocycles. The molecule has 9 heteroatoms. The minimum absolute atomic E-state index is 0.181. The molecule has 0 unspecified atom stereocenters. The minimum atomic E-state index is -0.418. The van der Waals surface area contributed by atoms with Gasteiger partial charge in [0, 0.05) is 24.7 Å². The van der Waals surface area contributed by atoms with E-state index >= 15 is 0 Å². The first-order valence-electron chi connectivity index (χ1n) is 10.2. The fourth-order valence-electron chi connectivity index (χ4n) is 3.79. The summed E-state index contributed by atoms with van der Waals surface area (Å²) in [7, 11) is 1.45. The van der Waals surface area contributed by atoms with Crippen molar-refractivity contribution in [3.8, 4) is 11.4 Å². The fourth-order valence-corrected chi connectivity index (χ4v) is 3.79. The second-order valence-electron chi connectivity index (χ2n) is 7.96. The van der Waals surface area contributed by atoms with Gasteiger partial charge in [-0.1, -0.05) is 13.8 Å². The number of fused-ring (bicyclic) bond motifs is 1. The summed E-state index contributed by atoms with van der Waals surface area (Å²) in [4.78, 5) is 14.5. The lowest BCUT2D eigenvalue weighted by atomic mass is 9.99. The number of aryl methyl sites for hydroxylation is 1. The number of urea groups is 1. The summed E-state index contributed by atoms with van der Waals surface area (Å²) in [6.07, 6.45) is 0.647. The number of hydrogen-bond acceptors (Lipinski definition) is 5. The molecule has 2 amide bonds. The highest BCUT2D eigenvalue weighted by atomic mass is 19.1. The van der Waals surface area contributed by atoms with Crippen molar-refractivity contribution >= 4 is 11.7 Å². The number of benzene rings is 2. The Morgan fingerprint density at radius 1 is 1.23 bits per heavy atom. The number of hydrogen-bond donors (Lipinski definition) is 1. The van der Waals surface area contributed by atoms with Crippen molar-refractivity contribution in [2.75, 3.05) is 19.0 Å². The van der Waals surface area contributed by atoms with Crippen LogP contribution in [0.4, 0.5) is 14.9 Å². The van der Waals surface area contributed by atoms with Gasteiger partial charge in [-0.3, -0.25) is 0 Å². The Bertz CT molecular complexity index is 1130. The van der Waals surface area contributed by atoms with E-state index in [1.807, 2.05) is 39.0 Å². The molecule has 0 radical (unpaired) electrons. The van der Waals surface area contributed by atoms with Gasteiger partial charge in [-0.05, 0) is 70.8 Å². The van der Waals surface area contributed by atoms with E-state index in [9.17, 15) is 9.18 Å². The lowest BCUT2D eigenvalue weighted by Gasteiger charge is -2.29. The Morgan fingerprint density at radius 3 is 2.74 bits per heavy atom. The largest absolute Gasteiger partial charge is 0.494 e. The topological polar surface area (TPSA) is 85.2 Å². The Balaban J connectivity index is 1.49. The predicted octanol–water partition coefficient (Wildman–Crippen LogP) is 3.83. The molecule has 2 aromatic carbocycles. The highest BCUT2D eigenvalue weighted by Gasteiger charge is 2.23. The molecule has 2 heterocycles. The minimum Gasteiger partial charge on any atom is -0.494 e. The zero-order valence-corrected chi connectivity index (χ0v) is 18.0. The molecule has 1 N–H and O–H groups in total. The van der Waals surface area contributed by atoms with Crippen LogP contribution in [0.25, 0.3) is 5.69 Å². The lowest BCUT2D eigenvalue weighted by Crippen LogP contribution is -2.39. The van der Waals surface area contributed by atoms with E-state index in [4.69, 9.17) is 4.74 Å². The average Bonchev–Trinajstić information content (AvgIpc) is 3.23. The maximum atomic E-state index is 14.1. The third-order valence-corrected chi connectivity index (χ3v) is 5.46. The molecule has 0 fully saturated rings. The summed E-state index contributed by atoms with van der Waals surface area (Å²) < 4.78 is 20.8. The third-order valence-electron chi connectivity index (χ3n) is 5.46. The van der Waals surface area contributed by atoms with Gasteiger partial charge in [-0.25, -0.2) is 9.18 Å². The molecule has 0 aliphatic carbocycles. The molecule has 3 aromatic rings. The van der Waals surface area contributed by atoms with Crippen LogP contribution >= 0.6 is 0 Å². The van der Waals surface area contributed by atoms with Crippen LogP contribution in [0.1, 0.15) is 42.3 Å². The first kappa shape index (κ1) is 20.8. The molecule has 0 saturated carbocycles. The summed E-state index contributed by atoms with van der Waals surface area (Å²) in [5.41, 5.74) is 4.28. The number of rotatable bonds is 4. The van der Waals surface area contributed by atoms with E-state index in [1.165, 1.54) is 13.2 Å². The van der Waals surface area contributed by atoms with Crippen LogP contribution in [0.15, 0.2) is 30.3 Å². The summed E-state index contributed by atoms with van der Waals surface area (Å²) in [5.74, 6) is 0.768. The van der Waals surface area contributed by atoms with E-state index in [1.54, 1.807) is 15.6 Å². The number of carbonyl (C=O) groups is 1. The first-order valence-corrected chi connectivity index (χ1v) is 10.2. The van der Waals surface area contributed by atoms with Crippen LogP contribution < -0.4 is 10.1 Å². The highest BCUT2D eigenvalue weighted by Crippen LogP contribution is 2.27. The van der Waals surface area contributed by atoms with Crippen LogP contribution in [0.2, 0.25) is 0 Å². The summed E-state index contributed by atoms with van der Waals surface area (Å²) in [6.45, 7) is 6.91. The summed E-state index contributed by atoms with van der Waals surface area (Å²) in [6, 6.07) is 8.55. The SMILES string of the molecule is COc1cc2c(cc1F)CN(C(=O)Nc1ccc(-n3nnnc3C(C)C)c(C)c1)CC2. The highest BCUT2D eigenvalue weighted by molar-refractivity contribution is 5.89. The Kier molecular flexibility index (Phi) is 5.58. The smallest absolute Gasteiger partial charge is 0.322 e. The number of anilines is 1. The number of amides is 2. The Morgan fingerprint density at radius 2 is 2.03 bits per heavy atom. The Hall–Kier alpha value is -3.49. The van der Waals surface area contributed by atoms with Gasteiger partial charge in [0.25, 0.3) is 0 Å². The number of halogens is 1. The standard InChI is InChI=1S/C22H25FN6O2/c1-13(2)21-25-26-27-29(21)19-6-5-17(9-14(19)3)24-22(30)28-8-7-15-11-20(31-4)18(23)10-16(15)12-28/h5-6,9-11,13H,7-8,12H2,1-4H3,(H,24,30). The number of carbonyl (C=O) groups excluding carboxylic acids is 1. The second kappa shape index (κ2) is 8.33. The van der Waals surface area contributed by atoms with Gasteiger partial charge < -0.3 is 15.0 Å². The fraction of sp³-hybridized carbons (Fsp3) is 0.364. The predicted molar refractivity (Wildman–Crippen MR) is 114 cm³/mol. The molecule has 1 aromatic heterocycles. The molecular weight excluding hydrogens is 399 g/mol. The van der Waals surface area contributed by atoms with Gasteiger partial charge in [0.1, 0.15) is 0 Å². The van der Waals surface area contributed by atoms with Gasteiger partial charge in [0.2, 0.25) is 0 Å². The molecular formula is C22H25FN6O2. The molecule has 4 rings (SSSR count). The molecule has 8 nitrogen and oxygen atoms in total. The number of nitrogens with zero attached hydrogens (tertiary/aromatic N) is 5. The lowest BCUT2D eigenvalue weighted by molar-refractivity contribution is 0.206. The van der Waals surface area contributed by atoms with E-state index in [2.05, 4.69) is 20.8 Å². The molecule has 0 spiro atoms. The monoisotopic (exact) mass is 424 g/mol. The van der Waals surface area contributed by atoms with Gasteiger partial charge in [0.15, 0.2) is 17.4 Å². The molecule has 1 aliphatic heterocycles. The number of aromatic nitrogens is 4. The molecule has 1 aliphatic rings. The van der Waals surface area contributed by atoms with Gasteiger partial charge >= 0.3 is 6.03 Å². The van der Waals surface area contributed by atoms with Gasteiger partial charge in [-0.15, -0.1) is 5.10 Å². The van der Waals surface area contributed by atoms with Crippen molar-refractivity contribution in [3.05, 3.63) is 58.7 Å². The molecule has 31 heavy (non-hydrogen) atoms. The summed E-state index contributed by atoms with van der Waals surface area (Å²) in [5, 5.41) is 14.9. The number of methoxy groups -OCH3 is 1. The van der Waals surface area contributed by atoms with E-state index in [0.29, 0.717) is 25.2 Å². The molecule has 162 valence electrons. The van der Waals surface area contributed by atoms with Crippen molar-refractivity contribution in [1.82, 2.24) is 25.1 Å². The van der Waals surface area contributed by atoms with E-state index in [0.717, 1.165) is 28.2 Å². The molecule has 0 atom stereocenters. The number of nitrogens with one attached hydrogen (secondary N) is 1. The maximum absolute atomic E-state index is 14.1.